The summed E-state index contributed by atoms with van der Waals surface area (Å²) in [6, 6.07) is -1.20. The van der Waals surface area contributed by atoms with Gasteiger partial charge in [-0.15, -0.1) is 23.1 Å². The molecule has 176 valence electrons. The Morgan fingerprint density at radius 2 is 2.09 bits per heavy atom. The number of thiazole rings is 1. The maximum Gasteiger partial charge on any atom is 0.243 e. The molecule has 0 spiro atoms. The zero-order chi connectivity index (χ0) is 23.3. The smallest absolute Gasteiger partial charge is 0.243 e. The Morgan fingerprint density at radius 1 is 1.31 bits per heavy atom. The van der Waals surface area contributed by atoms with E-state index in [0.29, 0.717) is 18.1 Å². The standard InChI is InChI=1S/C21H31N5O3S3/c1-12(2)17-18(28)23-13(6-4-5-7-30)8-15(27)22-9-16-24-14(10-31-16)19-26-21(3,11-32-19)20(29)25-17/h4,6,10,12-13,17,19,26,30H,5,7-9,11H2,1-3H3,(H,22,27)(H,23,28)(H,25,29)/b6-4+/t13-,17+,19?,21+/m1/s1. The minimum atomic E-state index is -0.816. The van der Waals surface area contributed by atoms with Crippen molar-refractivity contribution in [3.05, 3.63) is 28.2 Å². The first-order valence-electron chi connectivity index (χ1n) is 10.7. The molecule has 4 N–H and O–H groups in total. The van der Waals surface area contributed by atoms with Gasteiger partial charge < -0.3 is 16.0 Å². The number of hydrogen-bond acceptors (Lipinski definition) is 8. The molecule has 32 heavy (non-hydrogen) atoms. The zero-order valence-electron chi connectivity index (χ0n) is 18.5. The van der Waals surface area contributed by atoms with Crippen LogP contribution in [0.5, 0.6) is 0 Å². The molecule has 1 fully saturated rings. The highest BCUT2D eigenvalue weighted by molar-refractivity contribution is 7.99. The number of carbonyl (C=O) groups is 3. The lowest BCUT2D eigenvalue weighted by atomic mass is 9.98. The summed E-state index contributed by atoms with van der Waals surface area (Å²) in [6.07, 6.45) is 4.55. The molecule has 0 aromatic carbocycles. The highest BCUT2D eigenvalue weighted by atomic mass is 32.2. The predicted molar refractivity (Wildman–Crippen MR) is 132 cm³/mol. The van der Waals surface area contributed by atoms with Crippen molar-refractivity contribution in [1.29, 1.82) is 0 Å². The van der Waals surface area contributed by atoms with Gasteiger partial charge in [0.15, 0.2) is 0 Å². The highest BCUT2D eigenvalue weighted by Gasteiger charge is 2.44. The average molecular weight is 498 g/mol. The van der Waals surface area contributed by atoms with Crippen LogP contribution in [0.3, 0.4) is 0 Å². The molecule has 0 aliphatic carbocycles. The fourth-order valence-corrected chi connectivity index (χ4v) is 5.84. The molecule has 4 bridgehead atoms. The number of carbonyl (C=O) groups excluding carboxylic acids is 3. The highest BCUT2D eigenvalue weighted by Crippen LogP contribution is 2.38. The molecule has 2 aliphatic rings. The van der Waals surface area contributed by atoms with Crippen LogP contribution in [0.4, 0.5) is 0 Å². The molecular formula is C21H31N5O3S3. The van der Waals surface area contributed by atoms with E-state index >= 15 is 0 Å². The van der Waals surface area contributed by atoms with Gasteiger partial charge in [-0.05, 0) is 25.0 Å². The van der Waals surface area contributed by atoms with Crippen molar-refractivity contribution in [2.75, 3.05) is 11.5 Å². The second-order valence-electron chi connectivity index (χ2n) is 8.57. The van der Waals surface area contributed by atoms with Gasteiger partial charge in [-0.25, -0.2) is 4.98 Å². The molecule has 2 aliphatic heterocycles. The minimum absolute atomic E-state index is 0.101. The first kappa shape index (κ1) is 25.1. The fraction of sp³-hybridized carbons (Fsp3) is 0.619. The summed E-state index contributed by atoms with van der Waals surface area (Å²) in [5.41, 5.74) is 0.0301. The summed E-state index contributed by atoms with van der Waals surface area (Å²) in [7, 11) is 0. The topological polar surface area (TPSA) is 112 Å². The van der Waals surface area contributed by atoms with Crippen LogP contribution in [0.15, 0.2) is 17.5 Å². The Bertz CT molecular complexity index is 875. The summed E-state index contributed by atoms with van der Waals surface area (Å²) in [4.78, 5) is 43.5. The van der Waals surface area contributed by atoms with Crippen LogP contribution in [0.1, 0.15) is 49.7 Å². The number of thioether (sulfide) groups is 1. The largest absolute Gasteiger partial charge is 0.350 e. The molecular weight excluding hydrogens is 466 g/mol. The van der Waals surface area contributed by atoms with Crippen LogP contribution in [-0.4, -0.2) is 51.8 Å². The summed E-state index contributed by atoms with van der Waals surface area (Å²) >= 11 is 7.29. The van der Waals surface area contributed by atoms with Crippen LogP contribution in [0.25, 0.3) is 0 Å². The molecule has 1 unspecified atom stereocenters. The van der Waals surface area contributed by atoms with Gasteiger partial charge in [0.25, 0.3) is 0 Å². The van der Waals surface area contributed by atoms with Crippen molar-refractivity contribution in [3.8, 4) is 0 Å². The Labute approximate surface area is 202 Å². The van der Waals surface area contributed by atoms with Crippen molar-refractivity contribution in [1.82, 2.24) is 26.3 Å². The van der Waals surface area contributed by atoms with Gasteiger partial charge in [0.1, 0.15) is 16.6 Å². The molecule has 0 radical (unpaired) electrons. The summed E-state index contributed by atoms with van der Waals surface area (Å²) in [5, 5.41) is 14.8. The Kier molecular flexibility index (Phi) is 8.65. The van der Waals surface area contributed by atoms with Gasteiger partial charge in [0.2, 0.25) is 17.7 Å². The van der Waals surface area contributed by atoms with Crippen molar-refractivity contribution >= 4 is 53.4 Å². The SMILES string of the molecule is CC(C)[C@@H]1NC(=O)[C@]2(C)CSC(N2)c2csc(n2)CNC(=O)C[C@@H](/C=C/CCS)NC1=O. The third kappa shape index (κ3) is 6.27. The number of nitrogens with zero attached hydrogens (tertiary/aromatic N) is 1. The maximum atomic E-state index is 13.2. The van der Waals surface area contributed by atoms with Crippen molar-refractivity contribution in [2.45, 2.75) is 63.2 Å². The number of fused-ring (bicyclic) bond motifs is 5. The van der Waals surface area contributed by atoms with Crippen molar-refractivity contribution in [2.24, 2.45) is 5.92 Å². The molecule has 0 saturated carbocycles. The van der Waals surface area contributed by atoms with Crippen molar-refractivity contribution in [3.63, 3.8) is 0 Å². The van der Waals surface area contributed by atoms with E-state index in [1.165, 1.54) is 11.3 Å². The number of allylic oxidation sites excluding steroid dienone is 1. The van der Waals surface area contributed by atoms with Gasteiger partial charge in [-0.1, -0.05) is 26.0 Å². The quantitative estimate of drug-likeness (QED) is 0.320. The predicted octanol–water partition coefficient (Wildman–Crippen LogP) is 1.76. The van der Waals surface area contributed by atoms with E-state index < -0.39 is 17.6 Å². The number of rotatable bonds is 4. The molecule has 1 saturated heterocycles. The van der Waals surface area contributed by atoms with Crippen molar-refractivity contribution < 1.29 is 14.4 Å². The molecule has 3 heterocycles. The van der Waals surface area contributed by atoms with E-state index in [0.717, 1.165) is 17.1 Å². The van der Waals surface area contributed by atoms with Crippen LogP contribution in [-0.2, 0) is 20.9 Å². The molecule has 3 amide bonds. The lowest BCUT2D eigenvalue weighted by Crippen LogP contribution is -2.60. The van der Waals surface area contributed by atoms with E-state index in [1.807, 2.05) is 38.3 Å². The van der Waals surface area contributed by atoms with Gasteiger partial charge in [0.05, 0.1) is 30.1 Å². The molecule has 1 aromatic heterocycles. The summed E-state index contributed by atoms with van der Waals surface area (Å²) in [5.74, 6) is 0.412. The molecule has 1 aromatic rings. The van der Waals surface area contributed by atoms with Crippen LogP contribution >= 0.6 is 35.7 Å². The minimum Gasteiger partial charge on any atom is -0.350 e. The third-order valence-corrected chi connectivity index (χ3v) is 7.96. The average Bonchev–Trinajstić information content (AvgIpc) is 3.37. The first-order chi connectivity index (χ1) is 15.2. The molecule has 3 rings (SSSR count). The van der Waals surface area contributed by atoms with E-state index in [2.05, 4.69) is 38.9 Å². The lowest BCUT2D eigenvalue weighted by molar-refractivity contribution is -0.133. The first-order valence-corrected chi connectivity index (χ1v) is 13.3. The monoisotopic (exact) mass is 497 g/mol. The van der Waals surface area contributed by atoms with Gasteiger partial charge in [-0.2, -0.15) is 12.6 Å². The van der Waals surface area contributed by atoms with E-state index in [9.17, 15) is 14.4 Å². The fourth-order valence-electron chi connectivity index (χ4n) is 3.50. The zero-order valence-corrected chi connectivity index (χ0v) is 21.0. The Balaban J connectivity index is 1.88. The molecule has 4 atom stereocenters. The van der Waals surface area contributed by atoms with Crippen LogP contribution in [0.2, 0.25) is 0 Å². The number of amides is 3. The molecule has 8 nitrogen and oxygen atoms in total. The second-order valence-corrected chi connectivity index (χ2v) is 11.0. The summed E-state index contributed by atoms with van der Waals surface area (Å²) in [6.45, 7) is 5.96. The number of thiol groups is 1. The second kappa shape index (κ2) is 11.0. The van der Waals surface area contributed by atoms with Gasteiger partial charge in [0, 0.05) is 11.1 Å². The van der Waals surface area contributed by atoms with E-state index in [4.69, 9.17) is 0 Å². The number of aromatic nitrogens is 1. The van der Waals surface area contributed by atoms with E-state index in [-0.39, 0.29) is 35.4 Å². The normalized spacial score (nSPS) is 29.8. The Morgan fingerprint density at radius 3 is 2.81 bits per heavy atom. The Hall–Kier alpha value is -1.56. The van der Waals surface area contributed by atoms with Gasteiger partial charge >= 0.3 is 0 Å². The molecule has 11 heteroatoms. The third-order valence-electron chi connectivity index (χ3n) is 5.40. The number of hydrogen-bond donors (Lipinski definition) is 5. The number of nitrogens with one attached hydrogen (secondary N) is 4. The lowest BCUT2D eigenvalue weighted by Gasteiger charge is -2.29. The van der Waals surface area contributed by atoms with Crippen LogP contribution in [0, 0.1) is 5.92 Å². The van der Waals surface area contributed by atoms with E-state index in [1.54, 1.807) is 11.8 Å². The maximum absolute atomic E-state index is 13.2. The van der Waals surface area contributed by atoms with Gasteiger partial charge in [-0.3, -0.25) is 19.7 Å². The van der Waals surface area contributed by atoms with Crippen LogP contribution < -0.4 is 21.3 Å². The summed E-state index contributed by atoms with van der Waals surface area (Å²) < 4.78 is 0.